The van der Waals surface area contributed by atoms with Crippen molar-refractivity contribution in [3.8, 4) is 0 Å². The molecule has 0 saturated heterocycles. The smallest absolute Gasteiger partial charge is 0.109 e. The zero-order valence-electron chi connectivity index (χ0n) is 28.2. The highest BCUT2D eigenvalue weighted by molar-refractivity contribution is 4.56. The van der Waals surface area contributed by atoms with E-state index in [9.17, 15) is 0 Å². The Morgan fingerprint density at radius 2 is 0.821 bits per heavy atom. The molecule has 0 saturated carbocycles. The number of unbranched alkanes of at least 4 members (excludes halogenated alkanes) is 18. The van der Waals surface area contributed by atoms with Gasteiger partial charge in [-0.05, 0) is 39.5 Å². The summed E-state index contributed by atoms with van der Waals surface area (Å²) in [4.78, 5) is 0. The Bertz CT molecular complexity index is 488. The molecule has 0 aromatic heterocycles. The molecule has 5 heteroatoms. The first kappa shape index (κ1) is 44.3. The second kappa shape index (κ2) is 28.9. The quantitative estimate of drug-likeness (QED) is 0.0901. The van der Waals surface area contributed by atoms with Gasteiger partial charge in [-0.15, -0.1) is 0 Å². The first-order valence-corrected chi connectivity index (χ1v) is 16.9. The molecule has 0 bridgehead atoms. The van der Waals surface area contributed by atoms with Gasteiger partial charge in [0.25, 0.3) is 0 Å². The Morgan fingerprint density at radius 1 is 0.487 bits per heavy atom. The third-order valence-electron chi connectivity index (χ3n) is 8.77. The number of hydrogen-bond acceptors (Lipinski definition) is 1. The standard InChI is InChI=1S/C34H74N2O.2BrH/c1-9-11-13-15-17-19-21-23-25-27-29-35(5,6)31-34(4)37-32-33(3)36(7,8)30-28-26-24-22-20-18-16-14-12-10-2;;/h33-34H,9-32H2,1-8H3;2*1H/q+2;;/p-2. The number of ether oxygens (including phenoxy) is 1. The minimum Gasteiger partial charge on any atom is -1.00 e. The van der Waals surface area contributed by atoms with Crippen LogP contribution in [0.25, 0.3) is 0 Å². The number of quaternary nitrogens is 2. The van der Waals surface area contributed by atoms with Crippen molar-refractivity contribution in [2.45, 2.75) is 168 Å². The maximum atomic E-state index is 6.39. The van der Waals surface area contributed by atoms with Crippen LogP contribution in [0.5, 0.6) is 0 Å². The molecule has 0 rings (SSSR count). The fourth-order valence-corrected chi connectivity index (χ4v) is 5.60. The van der Waals surface area contributed by atoms with Crippen molar-refractivity contribution in [3.05, 3.63) is 0 Å². The van der Waals surface area contributed by atoms with Crippen molar-refractivity contribution in [2.24, 2.45) is 0 Å². The molecule has 240 valence electrons. The highest BCUT2D eigenvalue weighted by Crippen LogP contribution is 2.16. The van der Waals surface area contributed by atoms with E-state index < -0.39 is 0 Å². The Hall–Kier alpha value is 0.840. The summed E-state index contributed by atoms with van der Waals surface area (Å²) in [6, 6.07) is 0.554. The number of nitrogens with zero attached hydrogens (tertiary/aromatic N) is 2. The van der Waals surface area contributed by atoms with Crippen molar-refractivity contribution in [1.82, 2.24) is 0 Å². The van der Waals surface area contributed by atoms with Crippen molar-refractivity contribution >= 4 is 0 Å². The summed E-state index contributed by atoms with van der Waals surface area (Å²) < 4.78 is 8.56. The maximum absolute atomic E-state index is 6.39. The van der Waals surface area contributed by atoms with E-state index in [1.54, 1.807) is 0 Å². The molecule has 0 aliphatic rings. The normalized spacial score (nSPS) is 13.5. The molecule has 0 spiro atoms. The molecule has 0 heterocycles. The van der Waals surface area contributed by atoms with E-state index in [1.807, 2.05) is 0 Å². The van der Waals surface area contributed by atoms with Crippen LogP contribution in [0.1, 0.15) is 156 Å². The average Bonchev–Trinajstić information content (AvgIpc) is 2.84. The van der Waals surface area contributed by atoms with Crippen LogP contribution >= 0.6 is 0 Å². The van der Waals surface area contributed by atoms with E-state index in [1.165, 1.54) is 142 Å². The van der Waals surface area contributed by atoms with Crippen molar-refractivity contribution in [1.29, 1.82) is 0 Å². The van der Waals surface area contributed by atoms with Gasteiger partial charge in [0.05, 0.1) is 47.9 Å². The first-order valence-electron chi connectivity index (χ1n) is 16.9. The zero-order valence-corrected chi connectivity index (χ0v) is 31.4. The summed E-state index contributed by atoms with van der Waals surface area (Å²) in [5, 5.41) is 0. The Kier molecular flexibility index (Phi) is 32.9. The van der Waals surface area contributed by atoms with Crippen LogP contribution < -0.4 is 34.0 Å². The van der Waals surface area contributed by atoms with Gasteiger partial charge in [0.15, 0.2) is 0 Å². The van der Waals surface area contributed by atoms with Crippen LogP contribution in [0.3, 0.4) is 0 Å². The van der Waals surface area contributed by atoms with E-state index in [0.717, 1.165) is 22.1 Å². The average molecular weight is 687 g/mol. The van der Waals surface area contributed by atoms with Gasteiger partial charge in [0.2, 0.25) is 0 Å². The summed E-state index contributed by atoms with van der Waals surface area (Å²) >= 11 is 0. The second-order valence-corrected chi connectivity index (χ2v) is 13.7. The predicted molar refractivity (Wildman–Crippen MR) is 167 cm³/mol. The Morgan fingerprint density at radius 3 is 1.21 bits per heavy atom. The molecular formula is C34H74Br2N2O. The van der Waals surface area contributed by atoms with E-state index in [2.05, 4.69) is 55.9 Å². The molecule has 2 unspecified atom stereocenters. The molecule has 0 N–H and O–H groups in total. The maximum Gasteiger partial charge on any atom is 0.109 e. The third kappa shape index (κ3) is 28.7. The van der Waals surface area contributed by atoms with Crippen LogP contribution in [0, 0.1) is 0 Å². The van der Waals surface area contributed by atoms with Crippen LogP contribution in [0.2, 0.25) is 0 Å². The number of halogens is 2. The topological polar surface area (TPSA) is 9.23 Å². The van der Waals surface area contributed by atoms with Crippen LogP contribution in [-0.2, 0) is 4.74 Å². The summed E-state index contributed by atoms with van der Waals surface area (Å²) in [5.74, 6) is 0. The van der Waals surface area contributed by atoms with Crippen molar-refractivity contribution in [3.63, 3.8) is 0 Å². The number of hydrogen-bond donors (Lipinski definition) is 0. The van der Waals surface area contributed by atoms with Gasteiger partial charge in [-0.3, -0.25) is 0 Å². The highest BCUT2D eigenvalue weighted by Gasteiger charge is 2.26. The van der Waals surface area contributed by atoms with Gasteiger partial charge in [0.1, 0.15) is 18.7 Å². The molecule has 3 nitrogen and oxygen atoms in total. The zero-order chi connectivity index (χ0) is 27.8. The lowest BCUT2D eigenvalue weighted by atomic mass is 10.1. The summed E-state index contributed by atoms with van der Waals surface area (Å²) in [7, 11) is 9.58. The minimum atomic E-state index is 0. The monoisotopic (exact) mass is 684 g/mol. The third-order valence-corrected chi connectivity index (χ3v) is 8.77. The van der Waals surface area contributed by atoms with Gasteiger partial charge in [-0.2, -0.15) is 0 Å². The molecule has 0 fully saturated rings. The fraction of sp³-hybridized carbons (Fsp3) is 1.00. The molecule has 0 amide bonds. The second-order valence-electron chi connectivity index (χ2n) is 13.7. The fourth-order valence-electron chi connectivity index (χ4n) is 5.60. The van der Waals surface area contributed by atoms with Gasteiger partial charge in [-0.25, -0.2) is 0 Å². The number of likely N-dealkylation sites (N-methyl/N-ethyl adjacent to an activating group) is 2. The molecular weight excluding hydrogens is 612 g/mol. The Balaban J connectivity index is -0.00000648. The summed E-state index contributed by atoms with van der Waals surface area (Å²) in [6.07, 6.45) is 28.6. The molecule has 0 aliphatic heterocycles. The number of rotatable bonds is 28. The first-order chi connectivity index (χ1) is 17.6. The summed E-state index contributed by atoms with van der Waals surface area (Å²) in [6.45, 7) is 13.8. The lowest BCUT2D eigenvalue weighted by Gasteiger charge is -2.37. The van der Waals surface area contributed by atoms with E-state index >= 15 is 0 Å². The summed E-state index contributed by atoms with van der Waals surface area (Å²) in [5.41, 5.74) is 0. The van der Waals surface area contributed by atoms with Gasteiger partial charge in [-0.1, -0.05) is 117 Å². The van der Waals surface area contributed by atoms with E-state index in [0.29, 0.717) is 12.1 Å². The van der Waals surface area contributed by atoms with Crippen molar-refractivity contribution in [2.75, 3.05) is 54.4 Å². The highest BCUT2D eigenvalue weighted by atomic mass is 79.9. The molecule has 2 atom stereocenters. The van der Waals surface area contributed by atoms with Crippen molar-refractivity contribution < 1.29 is 47.7 Å². The molecule has 0 radical (unpaired) electrons. The Labute approximate surface area is 269 Å². The molecule has 0 aromatic rings. The van der Waals surface area contributed by atoms with Crippen LogP contribution in [0.4, 0.5) is 0 Å². The molecule has 0 aliphatic carbocycles. The van der Waals surface area contributed by atoms with Gasteiger partial charge in [0, 0.05) is 0 Å². The molecule has 39 heavy (non-hydrogen) atoms. The van der Waals surface area contributed by atoms with E-state index in [-0.39, 0.29) is 34.0 Å². The minimum absolute atomic E-state index is 0. The van der Waals surface area contributed by atoms with Gasteiger partial charge >= 0.3 is 0 Å². The van der Waals surface area contributed by atoms with Gasteiger partial charge < -0.3 is 47.7 Å². The lowest BCUT2D eigenvalue weighted by molar-refractivity contribution is -0.914. The van der Waals surface area contributed by atoms with Crippen LogP contribution in [-0.4, -0.2) is 75.5 Å². The lowest BCUT2D eigenvalue weighted by Crippen LogP contribution is -3.00. The van der Waals surface area contributed by atoms with Crippen LogP contribution in [0.15, 0.2) is 0 Å². The largest absolute Gasteiger partial charge is 1.00 e. The van der Waals surface area contributed by atoms with E-state index in [4.69, 9.17) is 4.74 Å². The predicted octanol–water partition coefficient (Wildman–Crippen LogP) is 3.78. The molecule has 0 aromatic carbocycles. The SMILES string of the molecule is CCCCCCCCCCCC[N+](C)(C)CC(C)OCC(C)[N+](C)(C)CCCCCCCCCCCC.[Br-].[Br-].